The maximum absolute atomic E-state index is 11.9. The molecule has 20 heavy (non-hydrogen) atoms. The summed E-state index contributed by atoms with van der Waals surface area (Å²) < 4.78 is 0.819. The van der Waals surface area contributed by atoms with Crippen LogP contribution in [0.2, 0.25) is 0 Å². The van der Waals surface area contributed by atoms with Gasteiger partial charge in [0.2, 0.25) is 0 Å². The molecule has 4 heteroatoms. The van der Waals surface area contributed by atoms with Gasteiger partial charge in [-0.3, -0.25) is 4.79 Å². The molecule has 0 aliphatic carbocycles. The molecule has 112 valence electrons. The number of benzene rings is 1. The average molecular weight is 341 g/mol. The molecule has 0 aliphatic heterocycles. The number of hydrogen-bond acceptors (Lipinski definition) is 2. The van der Waals surface area contributed by atoms with Gasteiger partial charge < -0.3 is 11.1 Å². The predicted octanol–water partition coefficient (Wildman–Crippen LogP) is 4.37. The van der Waals surface area contributed by atoms with Crippen LogP contribution >= 0.6 is 15.9 Å². The predicted molar refractivity (Wildman–Crippen MR) is 88.8 cm³/mol. The van der Waals surface area contributed by atoms with Crippen LogP contribution < -0.4 is 11.1 Å². The van der Waals surface area contributed by atoms with Gasteiger partial charge in [-0.15, -0.1) is 0 Å². The average Bonchev–Trinajstić information content (AvgIpc) is 2.40. The van der Waals surface area contributed by atoms with Crippen LogP contribution in [0.15, 0.2) is 22.7 Å². The number of rotatable bonds is 8. The lowest BCUT2D eigenvalue weighted by atomic mass is 10.0. The van der Waals surface area contributed by atoms with Crippen molar-refractivity contribution in [2.45, 2.75) is 46.0 Å². The Balaban J connectivity index is 2.18. The summed E-state index contributed by atoms with van der Waals surface area (Å²) in [7, 11) is 0. The zero-order valence-electron chi connectivity index (χ0n) is 12.4. The van der Waals surface area contributed by atoms with E-state index in [-0.39, 0.29) is 5.91 Å². The Hall–Kier alpha value is -1.03. The minimum atomic E-state index is -0.0496. The van der Waals surface area contributed by atoms with E-state index in [1.807, 2.05) is 0 Å². The third-order valence-electron chi connectivity index (χ3n) is 3.25. The van der Waals surface area contributed by atoms with Crippen molar-refractivity contribution < 1.29 is 4.79 Å². The molecule has 0 bridgehead atoms. The van der Waals surface area contributed by atoms with Gasteiger partial charge in [-0.25, -0.2) is 0 Å². The Morgan fingerprint density at radius 2 is 1.95 bits per heavy atom. The fourth-order valence-corrected chi connectivity index (χ4v) is 2.27. The van der Waals surface area contributed by atoms with E-state index in [1.54, 1.807) is 18.2 Å². The topological polar surface area (TPSA) is 55.1 Å². The second kappa shape index (κ2) is 9.01. The highest BCUT2D eigenvalue weighted by atomic mass is 79.9. The quantitative estimate of drug-likeness (QED) is 0.545. The van der Waals surface area contributed by atoms with Crippen molar-refractivity contribution in [2.75, 3.05) is 12.3 Å². The van der Waals surface area contributed by atoms with Crippen molar-refractivity contribution in [3.63, 3.8) is 0 Å². The van der Waals surface area contributed by atoms with Gasteiger partial charge in [0.25, 0.3) is 5.91 Å². The monoisotopic (exact) mass is 340 g/mol. The molecule has 0 fully saturated rings. The minimum absolute atomic E-state index is 0.0496. The molecule has 0 saturated carbocycles. The van der Waals surface area contributed by atoms with E-state index in [2.05, 4.69) is 35.1 Å². The molecule has 0 spiro atoms. The smallest absolute Gasteiger partial charge is 0.251 e. The minimum Gasteiger partial charge on any atom is -0.398 e. The van der Waals surface area contributed by atoms with Gasteiger partial charge in [0.1, 0.15) is 0 Å². The van der Waals surface area contributed by atoms with Crippen molar-refractivity contribution in [3.05, 3.63) is 28.2 Å². The van der Waals surface area contributed by atoms with Crippen molar-refractivity contribution in [2.24, 2.45) is 5.92 Å². The number of anilines is 1. The molecule has 0 saturated heterocycles. The Bertz CT molecular complexity index is 432. The number of nitrogen functional groups attached to an aromatic ring is 1. The first-order valence-corrected chi connectivity index (χ1v) is 8.13. The van der Waals surface area contributed by atoms with Crippen LogP contribution in [0, 0.1) is 5.92 Å². The number of amides is 1. The zero-order chi connectivity index (χ0) is 15.0. The fraction of sp³-hybridized carbons (Fsp3) is 0.562. The maximum atomic E-state index is 11.9. The van der Waals surface area contributed by atoms with Crippen LogP contribution in [0.5, 0.6) is 0 Å². The van der Waals surface area contributed by atoms with Crippen LogP contribution in [-0.2, 0) is 0 Å². The standard InChI is InChI=1S/C16H25BrN2O/c1-12(2)7-5-3-4-6-10-19-16(20)13-8-9-14(17)15(18)11-13/h8-9,11-12H,3-7,10,18H2,1-2H3,(H,19,20). The Morgan fingerprint density at radius 1 is 1.25 bits per heavy atom. The van der Waals surface area contributed by atoms with E-state index in [0.29, 0.717) is 11.3 Å². The summed E-state index contributed by atoms with van der Waals surface area (Å²) in [5.41, 5.74) is 6.97. The Labute approximate surface area is 130 Å². The van der Waals surface area contributed by atoms with Gasteiger partial charge in [-0.1, -0.05) is 39.5 Å². The van der Waals surface area contributed by atoms with Crippen molar-refractivity contribution in [3.8, 4) is 0 Å². The Kier molecular flexibility index (Phi) is 7.67. The molecule has 0 heterocycles. The second-order valence-corrected chi connectivity index (χ2v) is 6.44. The van der Waals surface area contributed by atoms with E-state index in [4.69, 9.17) is 5.73 Å². The molecular formula is C16H25BrN2O. The molecule has 3 N–H and O–H groups in total. The molecule has 1 aromatic carbocycles. The van der Waals surface area contributed by atoms with Crippen LogP contribution in [0.1, 0.15) is 56.3 Å². The second-order valence-electron chi connectivity index (χ2n) is 5.59. The van der Waals surface area contributed by atoms with Gasteiger partial charge in [-0.05, 0) is 46.5 Å². The molecule has 3 nitrogen and oxygen atoms in total. The lowest BCUT2D eigenvalue weighted by molar-refractivity contribution is 0.0953. The highest BCUT2D eigenvalue weighted by Crippen LogP contribution is 2.20. The molecule has 1 rings (SSSR count). The summed E-state index contributed by atoms with van der Waals surface area (Å²) in [5.74, 6) is 0.740. The SMILES string of the molecule is CC(C)CCCCCCNC(=O)c1ccc(Br)c(N)c1. The first-order valence-electron chi connectivity index (χ1n) is 7.34. The number of nitrogens with two attached hydrogens (primary N) is 1. The molecule has 0 unspecified atom stereocenters. The van der Waals surface area contributed by atoms with Crippen molar-refractivity contribution in [1.29, 1.82) is 0 Å². The largest absolute Gasteiger partial charge is 0.398 e. The summed E-state index contributed by atoms with van der Waals surface area (Å²) in [6.45, 7) is 5.24. The molecule has 0 aliphatic rings. The van der Waals surface area contributed by atoms with E-state index in [9.17, 15) is 4.79 Å². The highest BCUT2D eigenvalue weighted by molar-refractivity contribution is 9.10. The third kappa shape index (κ3) is 6.42. The van der Waals surface area contributed by atoms with Crippen LogP contribution in [0.25, 0.3) is 0 Å². The van der Waals surface area contributed by atoms with Crippen molar-refractivity contribution >= 4 is 27.5 Å². The summed E-state index contributed by atoms with van der Waals surface area (Å²) in [5, 5.41) is 2.94. The summed E-state index contributed by atoms with van der Waals surface area (Å²) >= 11 is 3.32. The van der Waals surface area contributed by atoms with Crippen LogP contribution in [-0.4, -0.2) is 12.5 Å². The molecule has 0 radical (unpaired) electrons. The summed E-state index contributed by atoms with van der Waals surface area (Å²) in [6.07, 6.45) is 6.05. The lowest BCUT2D eigenvalue weighted by Crippen LogP contribution is -2.24. The van der Waals surface area contributed by atoms with Crippen LogP contribution in [0.3, 0.4) is 0 Å². The third-order valence-corrected chi connectivity index (χ3v) is 3.97. The Morgan fingerprint density at radius 3 is 2.60 bits per heavy atom. The summed E-state index contributed by atoms with van der Waals surface area (Å²) in [6, 6.07) is 5.27. The number of hydrogen-bond donors (Lipinski definition) is 2. The van der Waals surface area contributed by atoms with Gasteiger partial charge in [0.15, 0.2) is 0 Å². The number of carbonyl (C=O) groups is 1. The van der Waals surface area contributed by atoms with Gasteiger partial charge in [-0.2, -0.15) is 0 Å². The van der Waals surface area contributed by atoms with Crippen LogP contribution in [0.4, 0.5) is 5.69 Å². The molecule has 0 aromatic heterocycles. The highest BCUT2D eigenvalue weighted by Gasteiger charge is 2.06. The van der Waals surface area contributed by atoms with E-state index in [0.717, 1.165) is 23.4 Å². The first kappa shape index (κ1) is 17.0. The molecule has 1 aromatic rings. The zero-order valence-corrected chi connectivity index (χ0v) is 14.0. The fourth-order valence-electron chi connectivity index (χ4n) is 2.02. The molecular weight excluding hydrogens is 316 g/mol. The number of nitrogens with one attached hydrogen (secondary N) is 1. The maximum Gasteiger partial charge on any atom is 0.251 e. The van der Waals surface area contributed by atoms with E-state index < -0.39 is 0 Å². The van der Waals surface area contributed by atoms with Crippen molar-refractivity contribution in [1.82, 2.24) is 5.32 Å². The number of unbranched alkanes of at least 4 members (excludes halogenated alkanes) is 3. The van der Waals surface area contributed by atoms with Gasteiger partial charge in [0, 0.05) is 22.3 Å². The van der Waals surface area contributed by atoms with E-state index in [1.165, 1.54) is 25.7 Å². The first-order chi connectivity index (χ1) is 9.50. The van der Waals surface area contributed by atoms with Gasteiger partial charge >= 0.3 is 0 Å². The molecule has 0 atom stereocenters. The number of halogens is 1. The molecule has 1 amide bonds. The van der Waals surface area contributed by atoms with E-state index >= 15 is 0 Å². The summed E-state index contributed by atoms with van der Waals surface area (Å²) in [4.78, 5) is 11.9. The van der Waals surface area contributed by atoms with Gasteiger partial charge in [0.05, 0.1) is 0 Å². The lowest BCUT2D eigenvalue weighted by Gasteiger charge is -2.07. The number of carbonyl (C=O) groups excluding carboxylic acids is 1. The normalized spacial score (nSPS) is 10.8.